The predicted octanol–water partition coefficient (Wildman–Crippen LogP) is 1.84. The summed E-state index contributed by atoms with van der Waals surface area (Å²) in [5.41, 5.74) is 5.90. The van der Waals surface area contributed by atoms with Gasteiger partial charge in [0.2, 0.25) is 0 Å². The topological polar surface area (TPSA) is 66.0 Å². The van der Waals surface area contributed by atoms with Crippen LogP contribution in [0.3, 0.4) is 0 Å². The average molecular weight is 285 g/mol. The lowest BCUT2D eigenvalue weighted by atomic mass is 10.2. The number of rotatable bonds is 5. The highest BCUT2D eigenvalue weighted by molar-refractivity contribution is 6.31. The number of hydrogen-bond acceptors (Lipinski definition) is 4. The second-order valence-corrected chi connectivity index (χ2v) is 4.30. The number of methoxy groups -OCH3 is 1. The molecule has 2 aromatic rings. The fraction of sp³-hybridized carbons (Fsp3) is 0.333. The van der Waals surface area contributed by atoms with Crippen LogP contribution in [0.1, 0.15) is 5.82 Å². The minimum Gasteiger partial charge on any atom is -0.383 e. The molecule has 102 valence electrons. The monoisotopic (exact) mass is 284 g/mol. The van der Waals surface area contributed by atoms with Gasteiger partial charge in [0, 0.05) is 13.7 Å². The SMILES string of the molecule is COCCn1c(CN)nnc1-c1cccc(Cl)c1F. The van der Waals surface area contributed by atoms with Gasteiger partial charge < -0.3 is 15.0 Å². The molecular weight excluding hydrogens is 271 g/mol. The Morgan fingerprint density at radius 1 is 1.42 bits per heavy atom. The van der Waals surface area contributed by atoms with Crippen LogP contribution in [-0.2, 0) is 17.8 Å². The van der Waals surface area contributed by atoms with E-state index in [0.29, 0.717) is 30.4 Å². The maximum Gasteiger partial charge on any atom is 0.167 e. The standard InChI is InChI=1S/C12H14ClFN4O/c1-19-6-5-18-10(7-15)16-17-12(18)8-3-2-4-9(13)11(8)14/h2-4H,5-7,15H2,1H3. The maximum atomic E-state index is 14.0. The van der Waals surface area contributed by atoms with E-state index >= 15 is 0 Å². The lowest BCUT2D eigenvalue weighted by Gasteiger charge is -2.09. The van der Waals surface area contributed by atoms with Gasteiger partial charge in [-0.05, 0) is 12.1 Å². The largest absolute Gasteiger partial charge is 0.383 e. The van der Waals surface area contributed by atoms with E-state index in [1.165, 1.54) is 6.07 Å². The minimum absolute atomic E-state index is 0.0492. The van der Waals surface area contributed by atoms with Crippen LogP contribution in [-0.4, -0.2) is 28.5 Å². The molecule has 0 aliphatic rings. The molecule has 0 fully saturated rings. The lowest BCUT2D eigenvalue weighted by molar-refractivity contribution is 0.186. The Hall–Kier alpha value is -1.50. The van der Waals surface area contributed by atoms with Crippen molar-refractivity contribution in [2.75, 3.05) is 13.7 Å². The Bertz CT molecular complexity index is 573. The summed E-state index contributed by atoms with van der Waals surface area (Å²) >= 11 is 5.78. The van der Waals surface area contributed by atoms with E-state index in [4.69, 9.17) is 22.1 Å². The van der Waals surface area contributed by atoms with Crippen LogP contribution >= 0.6 is 11.6 Å². The van der Waals surface area contributed by atoms with E-state index in [9.17, 15) is 4.39 Å². The van der Waals surface area contributed by atoms with E-state index < -0.39 is 5.82 Å². The molecule has 0 saturated carbocycles. The highest BCUT2D eigenvalue weighted by atomic mass is 35.5. The number of halogens is 2. The van der Waals surface area contributed by atoms with Gasteiger partial charge in [-0.1, -0.05) is 17.7 Å². The first-order valence-corrected chi connectivity index (χ1v) is 6.12. The van der Waals surface area contributed by atoms with Crippen molar-refractivity contribution < 1.29 is 9.13 Å². The molecule has 7 heteroatoms. The summed E-state index contributed by atoms with van der Waals surface area (Å²) in [4.78, 5) is 0. The van der Waals surface area contributed by atoms with E-state index in [2.05, 4.69) is 10.2 Å². The lowest BCUT2D eigenvalue weighted by Crippen LogP contribution is -2.13. The molecule has 0 aliphatic carbocycles. The van der Waals surface area contributed by atoms with Gasteiger partial charge in [0.05, 0.1) is 23.7 Å². The fourth-order valence-corrected chi connectivity index (χ4v) is 1.95. The van der Waals surface area contributed by atoms with Gasteiger partial charge in [0.25, 0.3) is 0 Å². The molecule has 1 aromatic heterocycles. The van der Waals surface area contributed by atoms with Crippen LogP contribution in [0.2, 0.25) is 5.02 Å². The van der Waals surface area contributed by atoms with Crippen molar-refractivity contribution in [1.29, 1.82) is 0 Å². The van der Waals surface area contributed by atoms with Gasteiger partial charge in [-0.15, -0.1) is 10.2 Å². The molecule has 1 heterocycles. The zero-order valence-corrected chi connectivity index (χ0v) is 11.2. The highest BCUT2D eigenvalue weighted by Gasteiger charge is 2.17. The van der Waals surface area contributed by atoms with Crippen LogP contribution in [0.25, 0.3) is 11.4 Å². The number of nitrogens with two attached hydrogens (primary N) is 1. The number of benzene rings is 1. The van der Waals surface area contributed by atoms with Gasteiger partial charge in [0.15, 0.2) is 11.6 Å². The molecule has 5 nitrogen and oxygen atoms in total. The first kappa shape index (κ1) is 13.9. The predicted molar refractivity (Wildman–Crippen MR) is 70.2 cm³/mol. The summed E-state index contributed by atoms with van der Waals surface area (Å²) in [6.45, 7) is 1.18. The molecular formula is C12H14ClFN4O. The summed E-state index contributed by atoms with van der Waals surface area (Å²) in [6.07, 6.45) is 0. The molecule has 0 radical (unpaired) electrons. The van der Waals surface area contributed by atoms with Crippen molar-refractivity contribution in [3.63, 3.8) is 0 Å². The third-order valence-corrected chi connectivity index (χ3v) is 3.01. The number of hydrogen-bond donors (Lipinski definition) is 1. The smallest absolute Gasteiger partial charge is 0.167 e. The molecule has 1 aromatic carbocycles. The summed E-state index contributed by atoms with van der Waals surface area (Å²) in [6, 6.07) is 4.76. The number of ether oxygens (including phenoxy) is 1. The zero-order chi connectivity index (χ0) is 13.8. The molecule has 0 saturated heterocycles. The summed E-state index contributed by atoms with van der Waals surface area (Å²) in [7, 11) is 1.59. The van der Waals surface area contributed by atoms with Gasteiger partial charge in [-0.25, -0.2) is 4.39 Å². The average Bonchev–Trinajstić information content (AvgIpc) is 2.82. The first-order chi connectivity index (χ1) is 9.19. The molecule has 0 spiro atoms. The summed E-state index contributed by atoms with van der Waals surface area (Å²) in [5.74, 6) is 0.461. The van der Waals surface area contributed by atoms with Crippen molar-refractivity contribution >= 4 is 11.6 Å². The normalized spacial score (nSPS) is 10.9. The van der Waals surface area contributed by atoms with Gasteiger partial charge >= 0.3 is 0 Å². The van der Waals surface area contributed by atoms with Gasteiger partial charge in [-0.3, -0.25) is 0 Å². The molecule has 0 amide bonds. The minimum atomic E-state index is -0.515. The Morgan fingerprint density at radius 2 is 2.21 bits per heavy atom. The van der Waals surface area contributed by atoms with Crippen LogP contribution in [0.4, 0.5) is 4.39 Å². The van der Waals surface area contributed by atoms with Crippen molar-refractivity contribution in [3.05, 3.63) is 34.9 Å². The second-order valence-electron chi connectivity index (χ2n) is 3.89. The van der Waals surface area contributed by atoms with E-state index in [-0.39, 0.29) is 11.6 Å². The molecule has 0 unspecified atom stereocenters. The fourth-order valence-electron chi connectivity index (χ4n) is 1.78. The molecule has 2 N–H and O–H groups in total. The Labute approximate surface area is 115 Å². The molecule has 19 heavy (non-hydrogen) atoms. The Morgan fingerprint density at radius 3 is 2.89 bits per heavy atom. The molecule has 0 atom stereocenters. The van der Waals surface area contributed by atoms with Crippen molar-refractivity contribution in [1.82, 2.24) is 14.8 Å². The summed E-state index contributed by atoms with van der Waals surface area (Å²) < 4.78 is 20.8. The maximum absolute atomic E-state index is 14.0. The van der Waals surface area contributed by atoms with Crippen molar-refractivity contribution in [3.8, 4) is 11.4 Å². The van der Waals surface area contributed by atoms with Crippen LogP contribution in [0, 0.1) is 5.82 Å². The molecule has 2 rings (SSSR count). The highest BCUT2D eigenvalue weighted by Crippen LogP contribution is 2.26. The van der Waals surface area contributed by atoms with Gasteiger partial charge in [-0.2, -0.15) is 0 Å². The van der Waals surface area contributed by atoms with Crippen molar-refractivity contribution in [2.45, 2.75) is 13.1 Å². The van der Waals surface area contributed by atoms with Crippen molar-refractivity contribution in [2.24, 2.45) is 5.73 Å². The van der Waals surface area contributed by atoms with Crippen LogP contribution < -0.4 is 5.73 Å². The zero-order valence-electron chi connectivity index (χ0n) is 10.4. The number of nitrogens with zero attached hydrogens (tertiary/aromatic N) is 3. The molecule has 0 aliphatic heterocycles. The Kier molecular flexibility index (Phi) is 4.47. The second kappa shape index (κ2) is 6.10. The first-order valence-electron chi connectivity index (χ1n) is 5.74. The van der Waals surface area contributed by atoms with Crippen LogP contribution in [0.15, 0.2) is 18.2 Å². The van der Waals surface area contributed by atoms with E-state index in [1.54, 1.807) is 23.8 Å². The van der Waals surface area contributed by atoms with E-state index in [1.807, 2.05) is 0 Å². The third-order valence-electron chi connectivity index (χ3n) is 2.72. The number of aromatic nitrogens is 3. The van der Waals surface area contributed by atoms with Crippen LogP contribution in [0.5, 0.6) is 0 Å². The van der Waals surface area contributed by atoms with E-state index in [0.717, 1.165) is 0 Å². The summed E-state index contributed by atoms with van der Waals surface area (Å²) in [5, 5.41) is 8.00. The third kappa shape index (κ3) is 2.75. The Balaban J connectivity index is 2.49. The quantitative estimate of drug-likeness (QED) is 0.910. The van der Waals surface area contributed by atoms with Gasteiger partial charge in [0.1, 0.15) is 5.82 Å². The molecule has 0 bridgehead atoms.